The van der Waals surface area contributed by atoms with Gasteiger partial charge in [-0.1, -0.05) is 18.2 Å². The van der Waals surface area contributed by atoms with Crippen LogP contribution < -0.4 is 10.2 Å². The van der Waals surface area contributed by atoms with Crippen LogP contribution in [-0.4, -0.2) is 26.2 Å². The lowest BCUT2D eigenvalue weighted by molar-refractivity contribution is 0.413. The normalized spacial score (nSPS) is 11.1. The largest absolute Gasteiger partial charge is 0.495 e. The minimum absolute atomic E-state index is 0.430. The predicted molar refractivity (Wildman–Crippen MR) is 104 cm³/mol. The highest BCUT2D eigenvalue weighted by atomic mass is 16.5. The molecule has 0 saturated heterocycles. The van der Waals surface area contributed by atoms with Crippen molar-refractivity contribution in [3.8, 4) is 11.4 Å². The summed E-state index contributed by atoms with van der Waals surface area (Å²) in [4.78, 5) is 9.05. The zero-order valence-electron chi connectivity index (χ0n) is 15.6. The number of benzene rings is 1. The van der Waals surface area contributed by atoms with E-state index in [1.54, 1.807) is 19.6 Å². The topological polar surface area (TPSA) is 68.7 Å². The maximum atomic E-state index is 8.75. The summed E-state index contributed by atoms with van der Waals surface area (Å²) in [6.07, 6.45) is 3.48. The van der Waals surface area contributed by atoms with Crippen molar-refractivity contribution in [1.29, 1.82) is 5.41 Å². The minimum atomic E-state index is 0.430. The van der Waals surface area contributed by atoms with Crippen LogP contribution in [0.1, 0.15) is 17.0 Å². The number of aryl methyl sites for hydroxylation is 1. The van der Waals surface area contributed by atoms with Gasteiger partial charge >= 0.3 is 0 Å². The Morgan fingerprint density at radius 1 is 1.04 bits per heavy atom. The Morgan fingerprint density at radius 3 is 2.56 bits per heavy atom. The molecule has 0 unspecified atom stereocenters. The number of nitrogens with one attached hydrogen (secondary N) is 1. The molecule has 27 heavy (non-hydrogen) atoms. The third-order valence-electron chi connectivity index (χ3n) is 4.92. The van der Waals surface area contributed by atoms with Gasteiger partial charge in [0.1, 0.15) is 11.2 Å². The highest BCUT2D eigenvalue weighted by Crippen LogP contribution is 2.30. The summed E-state index contributed by atoms with van der Waals surface area (Å²) in [5, 5.41) is 9.60. The fraction of sp³-hybridized carbons (Fsp3) is 0.190. The van der Waals surface area contributed by atoms with Crippen LogP contribution in [0.3, 0.4) is 0 Å². The number of fused-ring (bicyclic) bond motifs is 1. The summed E-state index contributed by atoms with van der Waals surface area (Å²) in [6.45, 7) is 4.60. The molecule has 0 fully saturated rings. The number of pyridine rings is 1. The van der Waals surface area contributed by atoms with Crippen molar-refractivity contribution in [1.82, 2.24) is 19.1 Å². The first-order chi connectivity index (χ1) is 13.1. The lowest BCUT2D eigenvalue weighted by Gasteiger charge is -2.13. The van der Waals surface area contributed by atoms with Gasteiger partial charge in [-0.25, -0.2) is 4.98 Å². The van der Waals surface area contributed by atoms with Gasteiger partial charge in [0.2, 0.25) is 0 Å². The SMILES string of the molecule is COc1ccccc1-n1c(C)c(C)c2c(=N)n(Cc3ccccn3)cnc21. The zero-order valence-corrected chi connectivity index (χ0v) is 15.6. The summed E-state index contributed by atoms with van der Waals surface area (Å²) in [5.41, 5.74) is 5.10. The molecule has 6 nitrogen and oxygen atoms in total. The fourth-order valence-electron chi connectivity index (χ4n) is 3.41. The quantitative estimate of drug-likeness (QED) is 0.607. The van der Waals surface area contributed by atoms with Gasteiger partial charge in [-0.15, -0.1) is 0 Å². The molecule has 0 atom stereocenters. The Bertz CT molecular complexity index is 1170. The first kappa shape index (κ1) is 17.0. The van der Waals surface area contributed by atoms with Gasteiger partial charge < -0.3 is 9.30 Å². The molecule has 0 radical (unpaired) electrons. The highest BCUT2D eigenvalue weighted by Gasteiger charge is 2.18. The van der Waals surface area contributed by atoms with Crippen LogP contribution in [0.2, 0.25) is 0 Å². The van der Waals surface area contributed by atoms with E-state index in [2.05, 4.69) is 9.55 Å². The van der Waals surface area contributed by atoms with Crippen molar-refractivity contribution in [3.05, 3.63) is 77.4 Å². The average Bonchev–Trinajstić information content (AvgIpc) is 2.96. The number of rotatable bonds is 4. The van der Waals surface area contributed by atoms with Gasteiger partial charge in [-0.3, -0.25) is 15.0 Å². The van der Waals surface area contributed by atoms with Crippen molar-refractivity contribution in [3.63, 3.8) is 0 Å². The van der Waals surface area contributed by atoms with E-state index in [0.29, 0.717) is 12.0 Å². The molecule has 0 saturated carbocycles. The van der Waals surface area contributed by atoms with Crippen molar-refractivity contribution in [2.24, 2.45) is 0 Å². The molecule has 0 aliphatic carbocycles. The van der Waals surface area contributed by atoms with E-state index in [1.807, 2.05) is 60.9 Å². The van der Waals surface area contributed by atoms with Crippen molar-refractivity contribution in [2.75, 3.05) is 7.11 Å². The van der Waals surface area contributed by atoms with Gasteiger partial charge in [0.25, 0.3) is 0 Å². The standard InChI is InChI=1S/C21H21N5O/c1-14-15(2)26(17-9-4-5-10-18(17)27-3)21-19(14)20(22)25(13-24-21)12-16-8-6-7-11-23-16/h4-11,13,22H,12H2,1-3H3. The number of aromatic nitrogens is 4. The number of ether oxygens (including phenoxy) is 1. The maximum absolute atomic E-state index is 8.75. The molecule has 4 aromatic rings. The average molecular weight is 359 g/mol. The van der Waals surface area contributed by atoms with Gasteiger partial charge in [-0.05, 0) is 43.7 Å². The molecule has 1 N–H and O–H groups in total. The lowest BCUT2D eigenvalue weighted by atomic mass is 10.2. The predicted octanol–water partition coefficient (Wildman–Crippen LogP) is 3.38. The van der Waals surface area contributed by atoms with Crippen LogP contribution in [0.25, 0.3) is 16.7 Å². The molecule has 3 heterocycles. The van der Waals surface area contributed by atoms with Crippen LogP contribution in [0.15, 0.2) is 55.0 Å². The number of para-hydroxylation sites is 2. The number of hydrogen-bond donors (Lipinski definition) is 1. The molecule has 136 valence electrons. The van der Waals surface area contributed by atoms with E-state index >= 15 is 0 Å². The number of nitrogens with zero attached hydrogens (tertiary/aromatic N) is 4. The van der Waals surface area contributed by atoms with E-state index in [0.717, 1.165) is 39.4 Å². The van der Waals surface area contributed by atoms with Crippen molar-refractivity contribution < 1.29 is 4.74 Å². The molecule has 0 aliphatic heterocycles. The van der Waals surface area contributed by atoms with Crippen LogP contribution in [0.5, 0.6) is 5.75 Å². The first-order valence-electron chi connectivity index (χ1n) is 8.76. The molecule has 0 aliphatic rings. The number of methoxy groups -OCH3 is 1. The molecular formula is C21H21N5O. The Kier molecular flexibility index (Phi) is 4.24. The van der Waals surface area contributed by atoms with E-state index in [-0.39, 0.29) is 0 Å². The van der Waals surface area contributed by atoms with Crippen LogP contribution >= 0.6 is 0 Å². The summed E-state index contributed by atoms with van der Waals surface area (Å²) < 4.78 is 9.42. The van der Waals surface area contributed by atoms with E-state index in [1.165, 1.54) is 0 Å². The molecule has 0 spiro atoms. The summed E-state index contributed by atoms with van der Waals surface area (Å²) >= 11 is 0. The van der Waals surface area contributed by atoms with Crippen LogP contribution in [0, 0.1) is 19.3 Å². The Balaban J connectivity index is 1.93. The van der Waals surface area contributed by atoms with E-state index < -0.39 is 0 Å². The highest BCUT2D eigenvalue weighted by molar-refractivity contribution is 5.83. The van der Waals surface area contributed by atoms with Crippen molar-refractivity contribution >= 4 is 11.0 Å². The Hall–Kier alpha value is -3.41. The van der Waals surface area contributed by atoms with E-state index in [4.69, 9.17) is 15.1 Å². The lowest BCUT2D eigenvalue weighted by Crippen LogP contribution is -2.22. The summed E-state index contributed by atoms with van der Waals surface area (Å²) in [7, 11) is 1.66. The van der Waals surface area contributed by atoms with Gasteiger partial charge in [0.15, 0.2) is 5.65 Å². The van der Waals surface area contributed by atoms with E-state index in [9.17, 15) is 0 Å². The summed E-state index contributed by atoms with van der Waals surface area (Å²) in [5.74, 6) is 0.774. The molecule has 1 aromatic carbocycles. The van der Waals surface area contributed by atoms with Crippen LogP contribution in [-0.2, 0) is 6.54 Å². The van der Waals surface area contributed by atoms with Crippen molar-refractivity contribution in [2.45, 2.75) is 20.4 Å². The second-order valence-electron chi connectivity index (χ2n) is 6.46. The number of hydrogen-bond acceptors (Lipinski definition) is 4. The zero-order chi connectivity index (χ0) is 19.0. The van der Waals surface area contributed by atoms with Gasteiger partial charge in [0.05, 0.1) is 36.7 Å². The molecule has 4 rings (SSSR count). The van der Waals surface area contributed by atoms with Gasteiger partial charge in [0, 0.05) is 11.9 Å². The molecule has 0 amide bonds. The summed E-state index contributed by atoms with van der Waals surface area (Å²) in [6, 6.07) is 13.6. The molecule has 0 bridgehead atoms. The Labute approximate surface area is 157 Å². The fourth-order valence-corrected chi connectivity index (χ4v) is 3.41. The third-order valence-corrected chi connectivity index (χ3v) is 4.92. The second kappa shape index (κ2) is 6.72. The third kappa shape index (κ3) is 2.79. The molecule has 3 aromatic heterocycles. The Morgan fingerprint density at radius 2 is 1.81 bits per heavy atom. The maximum Gasteiger partial charge on any atom is 0.150 e. The second-order valence-corrected chi connectivity index (χ2v) is 6.46. The first-order valence-corrected chi connectivity index (χ1v) is 8.76. The smallest absolute Gasteiger partial charge is 0.150 e. The minimum Gasteiger partial charge on any atom is -0.495 e. The van der Waals surface area contributed by atoms with Crippen LogP contribution in [0.4, 0.5) is 0 Å². The monoisotopic (exact) mass is 359 g/mol. The molecule has 6 heteroatoms. The van der Waals surface area contributed by atoms with Gasteiger partial charge in [-0.2, -0.15) is 0 Å². The molecular weight excluding hydrogens is 338 g/mol.